The van der Waals surface area contributed by atoms with Crippen molar-refractivity contribution in [3.05, 3.63) is 36.0 Å². The lowest BCUT2D eigenvalue weighted by atomic mass is 10.4. The zero-order valence-electron chi connectivity index (χ0n) is 11.3. The molecular weight excluding hydrogens is 311 g/mol. The molecule has 0 spiro atoms. The standard InChI is InChI=1S/C13H11FN4O3S/c14-8-1-2-10-16-9(6-17(10)5-8)12(20)15-3-4-18-11(19)7-22-13(18)21/h1-2,5-6H,3-4,7H2,(H,15,20). The average Bonchev–Trinajstić information content (AvgIpc) is 3.04. The van der Waals surface area contributed by atoms with Crippen LogP contribution in [-0.2, 0) is 4.79 Å². The number of thioether (sulfide) groups is 1. The summed E-state index contributed by atoms with van der Waals surface area (Å²) in [5.74, 6) is -0.992. The van der Waals surface area contributed by atoms with Gasteiger partial charge < -0.3 is 9.72 Å². The molecule has 0 aromatic carbocycles. The zero-order chi connectivity index (χ0) is 15.7. The summed E-state index contributed by atoms with van der Waals surface area (Å²) in [5.41, 5.74) is 0.590. The maximum Gasteiger partial charge on any atom is 0.288 e. The average molecular weight is 322 g/mol. The van der Waals surface area contributed by atoms with Crippen LogP contribution in [0.15, 0.2) is 24.5 Å². The van der Waals surface area contributed by atoms with Crippen molar-refractivity contribution in [1.82, 2.24) is 19.6 Å². The largest absolute Gasteiger partial charge is 0.349 e. The molecule has 114 valence electrons. The third-order valence-corrected chi connectivity index (χ3v) is 3.97. The number of hydrogen-bond donors (Lipinski definition) is 1. The van der Waals surface area contributed by atoms with Gasteiger partial charge in [0.15, 0.2) is 0 Å². The van der Waals surface area contributed by atoms with E-state index in [9.17, 15) is 18.8 Å². The van der Waals surface area contributed by atoms with Crippen molar-refractivity contribution >= 4 is 34.5 Å². The van der Waals surface area contributed by atoms with Gasteiger partial charge in [-0.05, 0) is 12.1 Å². The topological polar surface area (TPSA) is 83.8 Å². The summed E-state index contributed by atoms with van der Waals surface area (Å²) in [6.45, 7) is 0.261. The van der Waals surface area contributed by atoms with Crippen LogP contribution >= 0.6 is 11.8 Å². The van der Waals surface area contributed by atoms with Crippen molar-refractivity contribution < 1.29 is 18.8 Å². The lowest BCUT2D eigenvalue weighted by Crippen LogP contribution is -2.37. The number of rotatable bonds is 4. The van der Waals surface area contributed by atoms with Crippen molar-refractivity contribution in [3.63, 3.8) is 0 Å². The molecule has 9 heteroatoms. The lowest BCUT2D eigenvalue weighted by molar-refractivity contribution is -0.124. The summed E-state index contributed by atoms with van der Waals surface area (Å²) < 4.78 is 14.5. The molecule has 2 aromatic heterocycles. The van der Waals surface area contributed by atoms with Crippen LogP contribution in [0, 0.1) is 5.82 Å². The molecule has 1 N–H and O–H groups in total. The fourth-order valence-corrected chi connectivity index (χ4v) is 2.79. The van der Waals surface area contributed by atoms with Crippen LogP contribution in [-0.4, -0.2) is 50.2 Å². The van der Waals surface area contributed by atoms with E-state index in [1.54, 1.807) is 0 Å². The summed E-state index contributed by atoms with van der Waals surface area (Å²) in [6.07, 6.45) is 2.63. The number of nitrogens with one attached hydrogen (secondary N) is 1. The van der Waals surface area contributed by atoms with Gasteiger partial charge in [-0.25, -0.2) is 9.37 Å². The summed E-state index contributed by atoms with van der Waals surface area (Å²) in [5, 5.41) is 2.28. The minimum atomic E-state index is -0.448. The van der Waals surface area contributed by atoms with Crippen molar-refractivity contribution in [2.24, 2.45) is 0 Å². The number of imide groups is 1. The Balaban J connectivity index is 1.61. The third kappa shape index (κ3) is 2.80. The van der Waals surface area contributed by atoms with E-state index in [0.717, 1.165) is 16.7 Å². The van der Waals surface area contributed by atoms with Gasteiger partial charge in [0.05, 0.1) is 5.75 Å². The van der Waals surface area contributed by atoms with Gasteiger partial charge in [-0.15, -0.1) is 0 Å². The normalized spacial score (nSPS) is 14.9. The number of imidazole rings is 1. The monoisotopic (exact) mass is 322 g/mol. The first-order chi connectivity index (χ1) is 10.5. The Morgan fingerprint density at radius 3 is 2.91 bits per heavy atom. The first-order valence-electron chi connectivity index (χ1n) is 6.44. The number of pyridine rings is 1. The van der Waals surface area contributed by atoms with Crippen LogP contribution in [0.25, 0.3) is 5.65 Å². The van der Waals surface area contributed by atoms with E-state index in [1.165, 1.54) is 28.9 Å². The molecular formula is C13H11FN4O3S. The first kappa shape index (κ1) is 14.5. The zero-order valence-corrected chi connectivity index (χ0v) is 12.1. The third-order valence-electron chi connectivity index (χ3n) is 3.11. The SMILES string of the molecule is O=C(NCCN1C(=O)CSC1=O)c1cn2cc(F)ccc2n1. The molecule has 1 fully saturated rings. The van der Waals surface area contributed by atoms with E-state index < -0.39 is 11.7 Å². The van der Waals surface area contributed by atoms with Crippen LogP contribution < -0.4 is 5.32 Å². The maximum absolute atomic E-state index is 13.1. The molecule has 0 bridgehead atoms. The Hall–Kier alpha value is -2.42. The number of carbonyl (C=O) groups is 3. The number of halogens is 1. The van der Waals surface area contributed by atoms with Gasteiger partial charge >= 0.3 is 0 Å². The molecule has 0 saturated carbocycles. The van der Waals surface area contributed by atoms with E-state index in [0.29, 0.717) is 5.65 Å². The highest BCUT2D eigenvalue weighted by molar-refractivity contribution is 8.14. The van der Waals surface area contributed by atoms with Gasteiger partial charge in [-0.2, -0.15) is 0 Å². The van der Waals surface area contributed by atoms with Crippen LogP contribution in [0.1, 0.15) is 10.5 Å². The summed E-state index contributed by atoms with van der Waals surface area (Å²) in [4.78, 5) is 39.9. The fraction of sp³-hybridized carbons (Fsp3) is 0.231. The molecule has 7 nitrogen and oxygen atoms in total. The highest BCUT2D eigenvalue weighted by atomic mass is 32.2. The minimum absolute atomic E-state index is 0.123. The Bertz CT molecular complexity index is 760. The van der Waals surface area contributed by atoms with E-state index in [1.807, 2.05) is 0 Å². The predicted octanol–water partition coefficient (Wildman–Crippen LogP) is 0.899. The van der Waals surface area contributed by atoms with Crippen LogP contribution in [0.4, 0.5) is 9.18 Å². The predicted molar refractivity (Wildman–Crippen MR) is 77.1 cm³/mol. The van der Waals surface area contributed by atoms with Crippen molar-refractivity contribution in [2.75, 3.05) is 18.8 Å². The lowest BCUT2D eigenvalue weighted by Gasteiger charge is -2.12. The molecule has 0 aliphatic carbocycles. The molecule has 22 heavy (non-hydrogen) atoms. The highest BCUT2D eigenvalue weighted by Gasteiger charge is 2.29. The minimum Gasteiger partial charge on any atom is -0.349 e. The molecule has 2 aromatic rings. The van der Waals surface area contributed by atoms with Crippen LogP contribution in [0.5, 0.6) is 0 Å². The molecule has 3 amide bonds. The number of aromatic nitrogens is 2. The molecule has 3 heterocycles. The van der Waals surface area contributed by atoms with E-state index >= 15 is 0 Å². The Kier molecular flexibility index (Phi) is 3.80. The Labute approximate surface area is 128 Å². The number of amides is 3. The fourth-order valence-electron chi connectivity index (χ4n) is 2.04. The second-order valence-corrected chi connectivity index (χ2v) is 5.52. The molecule has 1 aliphatic heterocycles. The highest BCUT2D eigenvalue weighted by Crippen LogP contribution is 2.17. The quantitative estimate of drug-likeness (QED) is 0.904. The summed E-state index contributed by atoms with van der Waals surface area (Å²) in [7, 11) is 0. The second-order valence-electron chi connectivity index (χ2n) is 4.59. The second kappa shape index (κ2) is 5.76. The first-order valence-corrected chi connectivity index (χ1v) is 7.43. The number of carbonyl (C=O) groups excluding carboxylic acids is 3. The Morgan fingerprint density at radius 1 is 1.36 bits per heavy atom. The number of nitrogens with zero attached hydrogens (tertiary/aromatic N) is 3. The van der Waals surface area contributed by atoms with Gasteiger partial charge in [0, 0.05) is 25.5 Å². The van der Waals surface area contributed by atoms with E-state index in [2.05, 4.69) is 10.3 Å². The van der Waals surface area contributed by atoms with E-state index in [4.69, 9.17) is 0 Å². The summed E-state index contributed by atoms with van der Waals surface area (Å²) >= 11 is 0.947. The molecule has 0 atom stereocenters. The maximum atomic E-state index is 13.1. The smallest absolute Gasteiger partial charge is 0.288 e. The van der Waals surface area contributed by atoms with E-state index in [-0.39, 0.29) is 35.7 Å². The van der Waals surface area contributed by atoms with Gasteiger partial charge in [0.2, 0.25) is 5.91 Å². The van der Waals surface area contributed by atoms with Gasteiger partial charge in [0.25, 0.3) is 11.1 Å². The molecule has 1 aliphatic rings. The molecule has 0 radical (unpaired) electrons. The van der Waals surface area contributed by atoms with Crippen molar-refractivity contribution in [3.8, 4) is 0 Å². The molecule has 3 rings (SSSR count). The van der Waals surface area contributed by atoms with Crippen molar-refractivity contribution in [2.45, 2.75) is 0 Å². The Morgan fingerprint density at radius 2 is 2.18 bits per heavy atom. The molecule has 0 unspecified atom stereocenters. The number of fused-ring (bicyclic) bond motifs is 1. The van der Waals surface area contributed by atoms with Gasteiger partial charge in [-0.1, -0.05) is 11.8 Å². The molecule has 1 saturated heterocycles. The van der Waals surface area contributed by atoms with Gasteiger partial charge in [-0.3, -0.25) is 19.3 Å². The van der Waals surface area contributed by atoms with Gasteiger partial charge in [0.1, 0.15) is 17.2 Å². The summed E-state index contributed by atoms with van der Waals surface area (Å²) in [6, 6.07) is 2.72. The number of hydrogen-bond acceptors (Lipinski definition) is 5. The van der Waals surface area contributed by atoms with Crippen molar-refractivity contribution in [1.29, 1.82) is 0 Å². The van der Waals surface area contributed by atoms with Crippen LogP contribution in [0.3, 0.4) is 0 Å². The van der Waals surface area contributed by atoms with Crippen LogP contribution in [0.2, 0.25) is 0 Å².